The Morgan fingerprint density at radius 2 is 2.00 bits per heavy atom. The molecule has 0 aliphatic carbocycles. The van der Waals surface area contributed by atoms with Crippen molar-refractivity contribution in [3.8, 4) is 0 Å². The summed E-state index contributed by atoms with van der Waals surface area (Å²) in [7, 11) is 0. The first-order valence-corrected chi connectivity index (χ1v) is 3.52. The molecule has 1 fully saturated rings. The largest absolute Gasteiger partial charge is 0.345 e. The second kappa shape index (κ2) is 2.85. The summed E-state index contributed by atoms with van der Waals surface area (Å²) in [6.45, 7) is 4.16. The Bertz CT molecular complexity index is 95.1. The number of carbonyl (C=O) groups is 1. The molecule has 2 heteroatoms. The molecule has 0 spiro atoms. The fourth-order valence-electron chi connectivity index (χ4n) is 1.13. The maximum Gasteiger partial charge on any atom is 0.209 e. The van der Waals surface area contributed by atoms with Crippen molar-refractivity contribution in [1.82, 2.24) is 4.90 Å². The highest BCUT2D eigenvalue weighted by atomic mass is 16.1. The van der Waals surface area contributed by atoms with E-state index >= 15 is 0 Å². The van der Waals surface area contributed by atoms with Crippen molar-refractivity contribution in [3.05, 3.63) is 0 Å². The van der Waals surface area contributed by atoms with Crippen molar-refractivity contribution >= 4 is 6.41 Å². The van der Waals surface area contributed by atoms with Gasteiger partial charge in [0.15, 0.2) is 0 Å². The predicted octanol–water partition coefficient (Wildman–Crippen LogP) is 0.875. The van der Waals surface area contributed by atoms with Gasteiger partial charge in [-0.05, 0) is 18.8 Å². The van der Waals surface area contributed by atoms with Gasteiger partial charge in [0.2, 0.25) is 6.41 Å². The van der Waals surface area contributed by atoms with Crippen LogP contribution in [0.5, 0.6) is 0 Å². The Labute approximate surface area is 55.8 Å². The van der Waals surface area contributed by atoms with Crippen LogP contribution in [0.3, 0.4) is 0 Å². The van der Waals surface area contributed by atoms with E-state index in [4.69, 9.17) is 0 Å². The molecule has 0 aromatic heterocycles. The molecule has 0 atom stereocenters. The molecule has 1 amide bonds. The van der Waals surface area contributed by atoms with Crippen LogP contribution in [0.15, 0.2) is 0 Å². The average molecular weight is 127 g/mol. The van der Waals surface area contributed by atoms with E-state index in [-0.39, 0.29) is 0 Å². The monoisotopic (exact) mass is 127 g/mol. The third-order valence-electron chi connectivity index (χ3n) is 1.97. The van der Waals surface area contributed by atoms with E-state index in [1.54, 1.807) is 0 Å². The lowest BCUT2D eigenvalue weighted by atomic mass is 10.00. The van der Waals surface area contributed by atoms with Gasteiger partial charge in [-0.25, -0.2) is 0 Å². The SMILES string of the molecule is CC1CCN(C=O)CC1. The summed E-state index contributed by atoms with van der Waals surface area (Å²) >= 11 is 0. The fourth-order valence-corrected chi connectivity index (χ4v) is 1.13. The zero-order valence-electron chi connectivity index (χ0n) is 5.84. The second-order valence-electron chi connectivity index (χ2n) is 2.82. The molecule has 2 nitrogen and oxygen atoms in total. The number of nitrogens with zero attached hydrogens (tertiary/aromatic N) is 1. The highest BCUT2D eigenvalue weighted by Gasteiger charge is 2.12. The number of hydrogen-bond acceptors (Lipinski definition) is 1. The minimum Gasteiger partial charge on any atom is -0.345 e. The van der Waals surface area contributed by atoms with Crippen molar-refractivity contribution in [2.45, 2.75) is 19.8 Å². The van der Waals surface area contributed by atoms with Crippen LogP contribution in [0.4, 0.5) is 0 Å². The highest BCUT2D eigenvalue weighted by Crippen LogP contribution is 2.13. The average Bonchev–Trinajstić information content (AvgIpc) is 1.90. The van der Waals surface area contributed by atoms with Gasteiger partial charge in [0.1, 0.15) is 0 Å². The third kappa shape index (κ3) is 1.70. The van der Waals surface area contributed by atoms with Gasteiger partial charge >= 0.3 is 0 Å². The van der Waals surface area contributed by atoms with Crippen LogP contribution in [0.2, 0.25) is 0 Å². The molecule has 1 aliphatic heterocycles. The maximum atomic E-state index is 10.2. The normalized spacial score (nSPS) is 22.1. The van der Waals surface area contributed by atoms with E-state index in [0.717, 1.165) is 25.4 Å². The van der Waals surface area contributed by atoms with Crippen LogP contribution in [0.1, 0.15) is 19.8 Å². The Balaban J connectivity index is 2.26. The molecule has 52 valence electrons. The zero-order chi connectivity index (χ0) is 6.69. The Hall–Kier alpha value is -0.530. The predicted molar refractivity (Wildman–Crippen MR) is 36.0 cm³/mol. The Kier molecular flexibility index (Phi) is 2.09. The minimum absolute atomic E-state index is 0.821. The van der Waals surface area contributed by atoms with Gasteiger partial charge in [0, 0.05) is 13.1 Å². The number of likely N-dealkylation sites (tertiary alicyclic amines) is 1. The van der Waals surface area contributed by atoms with E-state index in [9.17, 15) is 4.79 Å². The van der Waals surface area contributed by atoms with Crippen LogP contribution >= 0.6 is 0 Å². The molecule has 0 radical (unpaired) electrons. The third-order valence-corrected chi connectivity index (χ3v) is 1.97. The van der Waals surface area contributed by atoms with Gasteiger partial charge in [-0.2, -0.15) is 0 Å². The quantitative estimate of drug-likeness (QED) is 0.479. The number of hydrogen-bond donors (Lipinski definition) is 0. The van der Waals surface area contributed by atoms with Gasteiger partial charge in [-0.15, -0.1) is 0 Å². The number of amides is 1. The van der Waals surface area contributed by atoms with E-state index in [2.05, 4.69) is 6.92 Å². The summed E-state index contributed by atoms with van der Waals surface area (Å²) in [6.07, 6.45) is 3.31. The van der Waals surface area contributed by atoms with E-state index < -0.39 is 0 Å². The molecule has 0 aromatic carbocycles. The van der Waals surface area contributed by atoms with Gasteiger partial charge in [-0.1, -0.05) is 6.92 Å². The molecule has 1 rings (SSSR count). The van der Waals surface area contributed by atoms with Crippen molar-refractivity contribution in [2.24, 2.45) is 5.92 Å². The molecule has 1 heterocycles. The first kappa shape index (κ1) is 6.59. The summed E-state index contributed by atoms with van der Waals surface area (Å²) in [5.41, 5.74) is 0. The van der Waals surface area contributed by atoms with Crippen molar-refractivity contribution in [3.63, 3.8) is 0 Å². The van der Waals surface area contributed by atoms with Crippen LogP contribution < -0.4 is 0 Å². The molecule has 0 saturated carbocycles. The number of rotatable bonds is 1. The summed E-state index contributed by atoms with van der Waals surface area (Å²) in [6, 6.07) is 0. The standard InChI is InChI=1S/C7H13NO/c1-7-2-4-8(6-9)5-3-7/h6-7H,2-5H2,1H3. The van der Waals surface area contributed by atoms with E-state index in [0.29, 0.717) is 0 Å². The first-order chi connectivity index (χ1) is 4.33. The topological polar surface area (TPSA) is 20.3 Å². The summed E-state index contributed by atoms with van der Waals surface area (Å²) in [5, 5.41) is 0. The Morgan fingerprint density at radius 1 is 1.44 bits per heavy atom. The number of piperidine rings is 1. The lowest BCUT2D eigenvalue weighted by molar-refractivity contribution is -0.119. The van der Waals surface area contributed by atoms with Crippen LogP contribution in [-0.2, 0) is 4.79 Å². The molecule has 0 bridgehead atoms. The fraction of sp³-hybridized carbons (Fsp3) is 0.857. The van der Waals surface area contributed by atoms with Crippen LogP contribution in [0.25, 0.3) is 0 Å². The molecular formula is C7H13NO. The Morgan fingerprint density at radius 3 is 2.44 bits per heavy atom. The van der Waals surface area contributed by atoms with Gasteiger partial charge in [-0.3, -0.25) is 4.79 Å². The molecule has 0 N–H and O–H groups in total. The van der Waals surface area contributed by atoms with E-state index in [1.165, 1.54) is 12.8 Å². The van der Waals surface area contributed by atoms with Gasteiger partial charge in [0.25, 0.3) is 0 Å². The maximum absolute atomic E-state index is 10.2. The smallest absolute Gasteiger partial charge is 0.209 e. The summed E-state index contributed by atoms with van der Waals surface area (Å²) < 4.78 is 0. The summed E-state index contributed by atoms with van der Waals surface area (Å²) in [5.74, 6) is 0.821. The molecule has 9 heavy (non-hydrogen) atoms. The second-order valence-corrected chi connectivity index (χ2v) is 2.82. The number of carbonyl (C=O) groups excluding carboxylic acids is 1. The highest BCUT2D eigenvalue weighted by molar-refractivity contribution is 5.46. The lowest BCUT2D eigenvalue weighted by Crippen LogP contribution is -2.31. The van der Waals surface area contributed by atoms with Crippen LogP contribution in [-0.4, -0.2) is 24.4 Å². The van der Waals surface area contributed by atoms with Gasteiger partial charge in [0.05, 0.1) is 0 Å². The first-order valence-electron chi connectivity index (χ1n) is 3.52. The molecule has 0 aromatic rings. The van der Waals surface area contributed by atoms with Crippen LogP contribution in [0, 0.1) is 5.92 Å². The molecule has 1 aliphatic rings. The van der Waals surface area contributed by atoms with Crippen molar-refractivity contribution in [1.29, 1.82) is 0 Å². The van der Waals surface area contributed by atoms with Crippen molar-refractivity contribution in [2.75, 3.05) is 13.1 Å². The van der Waals surface area contributed by atoms with Crippen molar-refractivity contribution < 1.29 is 4.79 Å². The van der Waals surface area contributed by atoms with E-state index in [1.807, 2.05) is 4.90 Å². The molecule has 0 unspecified atom stereocenters. The summed E-state index contributed by atoms with van der Waals surface area (Å²) in [4.78, 5) is 12.0. The lowest BCUT2D eigenvalue weighted by Gasteiger charge is -2.26. The minimum atomic E-state index is 0.821. The molecule has 1 saturated heterocycles. The van der Waals surface area contributed by atoms with Gasteiger partial charge < -0.3 is 4.90 Å². The zero-order valence-corrected chi connectivity index (χ0v) is 5.84. The molecular weight excluding hydrogens is 114 g/mol.